The molecule has 3 aliphatic rings. The third-order valence-corrected chi connectivity index (χ3v) is 9.26. The first-order chi connectivity index (χ1) is 20.4. The highest BCUT2D eigenvalue weighted by molar-refractivity contribution is 9.10. The van der Waals surface area contributed by atoms with Crippen molar-refractivity contribution < 1.29 is 14.3 Å². The maximum atomic E-state index is 13.3. The van der Waals surface area contributed by atoms with E-state index in [1.54, 1.807) is 4.90 Å². The molecule has 234 valence electrons. The second kappa shape index (κ2) is 14.7. The molecule has 0 unspecified atom stereocenters. The van der Waals surface area contributed by atoms with E-state index in [9.17, 15) is 9.59 Å². The molecule has 43 heavy (non-hydrogen) atoms. The fourth-order valence-corrected chi connectivity index (χ4v) is 7.41. The summed E-state index contributed by atoms with van der Waals surface area (Å²) in [5, 5.41) is 0. The summed E-state index contributed by atoms with van der Waals surface area (Å²) < 4.78 is 7.65. The third-order valence-electron chi connectivity index (χ3n) is 8.20. The quantitative estimate of drug-likeness (QED) is 0.312. The number of likely N-dealkylation sites (tertiary alicyclic amines) is 2. The standard InChI is InChI=1S/C32H39Br2N3O3.C3H8/c1-20-15-23-5-6-24-18-25(33)19-35-30(24)29(28(23)26(34)16-20)22-9-13-36(14-10-22)27(38)17-21-7-11-37(12-8-21)31(39)40-32(2,3)4;1-3-2/h15-16,18-19,21H,5-14,17H2,1-4H3;3H2,1-2H3. The number of amides is 2. The Morgan fingerprint density at radius 2 is 1.56 bits per heavy atom. The van der Waals surface area contributed by atoms with Crippen LogP contribution in [0, 0.1) is 12.8 Å². The van der Waals surface area contributed by atoms with Crippen LogP contribution in [0.4, 0.5) is 4.79 Å². The van der Waals surface area contributed by atoms with Crippen molar-refractivity contribution in [2.45, 2.75) is 98.5 Å². The molecule has 0 atom stereocenters. The second-order valence-electron chi connectivity index (χ2n) is 13.1. The van der Waals surface area contributed by atoms with E-state index in [2.05, 4.69) is 70.8 Å². The minimum atomic E-state index is -0.491. The molecule has 2 aliphatic heterocycles. The van der Waals surface area contributed by atoms with Crippen LogP contribution >= 0.6 is 31.9 Å². The van der Waals surface area contributed by atoms with Crippen LogP contribution in [0.1, 0.15) is 101 Å². The summed E-state index contributed by atoms with van der Waals surface area (Å²) in [5.74, 6) is 0.550. The van der Waals surface area contributed by atoms with Gasteiger partial charge in [0.2, 0.25) is 5.91 Å². The van der Waals surface area contributed by atoms with Gasteiger partial charge < -0.3 is 14.5 Å². The van der Waals surface area contributed by atoms with Gasteiger partial charge in [-0.2, -0.15) is 0 Å². The van der Waals surface area contributed by atoms with Gasteiger partial charge in [-0.1, -0.05) is 47.8 Å². The van der Waals surface area contributed by atoms with Crippen molar-refractivity contribution in [1.82, 2.24) is 14.8 Å². The minimum Gasteiger partial charge on any atom is -0.444 e. The summed E-state index contributed by atoms with van der Waals surface area (Å²) in [6, 6.07) is 6.73. The van der Waals surface area contributed by atoms with Crippen LogP contribution in [0.3, 0.4) is 0 Å². The van der Waals surface area contributed by atoms with Gasteiger partial charge in [-0.3, -0.25) is 9.78 Å². The van der Waals surface area contributed by atoms with Gasteiger partial charge >= 0.3 is 6.09 Å². The number of pyridine rings is 1. The molecule has 2 fully saturated rings. The Labute approximate surface area is 274 Å². The lowest BCUT2D eigenvalue weighted by Crippen LogP contribution is -2.43. The van der Waals surface area contributed by atoms with E-state index in [0.717, 1.165) is 66.3 Å². The van der Waals surface area contributed by atoms with Crippen LogP contribution in [0.25, 0.3) is 5.57 Å². The molecule has 3 heterocycles. The molecule has 0 spiro atoms. The van der Waals surface area contributed by atoms with E-state index in [1.807, 2.05) is 31.9 Å². The third kappa shape index (κ3) is 8.72. The number of carbonyl (C=O) groups excluding carboxylic acids is 2. The molecule has 8 heteroatoms. The predicted octanol–water partition coefficient (Wildman–Crippen LogP) is 8.89. The van der Waals surface area contributed by atoms with Gasteiger partial charge in [0.25, 0.3) is 0 Å². The van der Waals surface area contributed by atoms with Gasteiger partial charge in [0.05, 0.1) is 5.69 Å². The Morgan fingerprint density at radius 3 is 2.19 bits per heavy atom. The highest BCUT2D eigenvalue weighted by atomic mass is 79.9. The zero-order valence-electron chi connectivity index (χ0n) is 26.7. The molecule has 6 nitrogen and oxygen atoms in total. The Bertz CT molecular complexity index is 1350. The first kappa shape index (κ1) is 33.7. The maximum absolute atomic E-state index is 13.3. The Morgan fingerprint density at radius 1 is 0.930 bits per heavy atom. The topological polar surface area (TPSA) is 62.7 Å². The molecule has 0 radical (unpaired) electrons. The van der Waals surface area contributed by atoms with Crippen LogP contribution in [0.2, 0.25) is 0 Å². The molecule has 1 aliphatic carbocycles. The van der Waals surface area contributed by atoms with Crippen LogP contribution in [0.15, 0.2) is 38.9 Å². The first-order valence-electron chi connectivity index (χ1n) is 15.8. The van der Waals surface area contributed by atoms with Crippen molar-refractivity contribution in [3.05, 3.63) is 66.9 Å². The van der Waals surface area contributed by atoms with Crippen molar-refractivity contribution in [3.63, 3.8) is 0 Å². The van der Waals surface area contributed by atoms with Gasteiger partial charge in [0.1, 0.15) is 5.60 Å². The van der Waals surface area contributed by atoms with Crippen LogP contribution in [-0.4, -0.2) is 58.6 Å². The number of nitrogens with zero attached hydrogens (tertiary/aromatic N) is 3. The van der Waals surface area contributed by atoms with E-state index >= 15 is 0 Å². The molecular formula is C35H47Br2N3O3. The van der Waals surface area contributed by atoms with Crippen LogP contribution < -0.4 is 0 Å². The molecule has 2 amide bonds. The molecular weight excluding hydrogens is 670 g/mol. The lowest BCUT2D eigenvalue weighted by atomic mass is 9.87. The van der Waals surface area contributed by atoms with Crippen molar-refractivity contribution in [2.24, 2.45) is 5.92 Å². The predicted molar refractivity (Wildman–Crippen MR) is 181 cm³/mol. The average Bonchev–Trinajstić information content (AvgIpc) is 3.10. The lowest BCUT2D eigenvalue weighted by molar-refractivity contribution is -0.133. The number of benzene rings is 1. The van der Waals surface area contributed by atoms with Gasteiger partial charge in [0, 0.05) is 58.9 Å². The zero-order chi connectivity index (χ0) is 31.3. The fraction of sp³-hybridized carbons (Fsp3) is 0.571. The number of rotatable bonds is 2. The molecule has 1 aromatic heterocycles. The highest BCUT2D eigenvalue weighted by Crippen LogP contribution is 2.42. The Balaban J connectivity index is 0.00000135. The van der Waals surface area contributed by atoms with Crippen molar-refractivity contribution in [2.75, 3.05) is 26.2 Å². The zero-order valence-corrected chi connectivity index (χ0v) is 29.9. The number of carbonyl (C=O) groups is 2. The van der Waals surface area contributed by atoms with E-state index in [4.69, 9.17) is 9.72 Å². The smallest absolute Gasteiger partial charge is 0.410 e. The normalized spacial score (nSPS) is 17.4. The minimum absolute atomic E-state index is 0.236. The van der Waals surface area contributed by atoms with E-state index < -0.39 is 5.60 Å². The van der Waals surface area contributed by atoms with E-state index in [1.165, 1.54) is 39.8 Å². The Kier molecular flexibility index (Phi) is 11.5. The number of halogens is 2. The van der Waals surface area contributed by atoms with Crippen molar-refractivity contribution in [1.29, 1.82) is 0 Å². The maximum Gasteiger partial charge on any atom is 0.410 e. The lowest BCUT2D eigenvalue weighted by Gasteiger charge is -2.35. The summed E-state index contributed by atoms with van der Waals surface area (Å²) in [7, 11) is 0. The number of hydrogen-bond donors (Lipinski definition) is 0. The summed E-state index contributed by atoms with van der Waals surface area (Å²) >= 11 is 7.51. The molecule has 0 saturated carbocycles. The molecule has 0 bridgehead atoms. The molecule has 2 aromatic rings. The molecule has 1 aromatic carbocycles. The van der Waals surface area contributed by atoms with Crippen LogP contribution in [0.5, 0.6) is 0 Å². The number of hydrogen-bond acceptors (Lipinski definition) is 4. The van der Waals surface area contributed by atoms with Gasteiger partial charge in [-0.05, 0) is 117 Å². The number of piperidine rings is 2. The van der Waals surface area contributed by atoms with E-state index in [-0.39, 0.29) is 12.0 Å². The molecule has 2 saturated heterocycles. The van der Waals surface area contributed by atoms with Crippen LogP contribution in [-0.2, 0) is 22.4 Å². The number of fused-ring (bicyclic) bond motifs is 2. The first-order valence-corrected chi connectivity index (χ1v) is 17.4. The van der Waals surface area contributed by atoms with E-state index in [0.29, 0.717) is 25.4 Å². The summed E-state index contributed by atoms with van der Waals surface area (Å²) in [6.45, 7) is 14.8. The fourth-order valence-electron chi connectivity index (χ4n) is 6.22. The summed E-state index contributed by atoms with van der Waals surface area (Å²) in [6.07, 6.45) is 8.79. The van der Waals surface area contributed by atoms with Gasteiger partial charge in [-0.25, -0.2) is 4.79 Å². The summed E-state index contributed by atoms with van der Waals surface area (Å²) in [4.78, 5) is 34.5. The van der Waals surface area contributed by atoms with Gasteiger partial charge in [0.15, 0.2) is 0 Å². The monoisotopic (exact) mass is 715 g/mol. The van der Waals surface area contributed by atoms with Crippen molar-refractivity contribution >= 4 is 49.4 Å². The van der Waals surface area contributed by atoms with Crippen molar-refractivity contribution in [3.8, 4) is 0 Å². The number of ether oxygens (including phenoxy) is 1. The highest BCUT2D eigenvalue weighted by Gasteiger charge is 2.31. The SMILES string of the molecule is CCC.Cc1cc(Br)c2c(c1)CCc1cc(Br)cnc1C2=C1CCN(C(=O)CC2CCN(C(=O)OC(C)(C)C)CC2)CC1. The average molecular weight is 718 g/mol. The Hall–Kier alpha value is -2.19. The summed E-state index contributed by atoms with van der Waals surface area (Å²) in [5.41, 5.74) is 8.39. The largest absolute Gasteiger partial charge is 0.444 e. The number of aromatic nitrogens is 1. The van der Waals surface area contributed by atoms with Gasteiger partial charge in [-0.15, -0.1) is 0 Å². The molecule has 5 rings (SSSR count). The second-order valence-corrected chi connectivity index (χ2v) is 14.9. The number of aryl methyl sites for hydroxylation is 3. The molecule has 0 N–H and O–H groups in total.